The molecule has 2 aromatic carbocycles. The molecular formula is C28H38N4O6. The average Bonchev–Trinajstić information content (AvgIpc) is 2.82. The normalized spacial score (nSPS) is 12.8. The highest BCUT2D eigenvalue weighted by molar-refractivity contribution is 5.92. The van der Waals surface area contributed by atoms with Crippen LogP contribution in [0, 0.1) is 0 Å². The molecule has 0 aliphatic heterocycles. The summed E-state index contributed by atoms with van der Waals surface area (Å²) in [6.07, 6.45) is -1.10. The van der Waals surface area contributed by atoms with Crippen LogP contribution in [0.2, 0.25) is 0 Å². The number of amides is 4. The Labute approximate surface area is 223 Å². The summed E-state index contributed by atoms with van der Waals surface area (Å²) >= 11 is 0. The number of alkyl carbamates (subject to hydrolysis) is 1. The highest BCUT2D eigenvalue weighted by Gasteiger charge is 2.38. The Kier molecular flexibility index (Phi) is 10.7. The smallest absolute Gasteiger partial charge is 0.408 e. The molecule has 2 rings (SSSR count). The topological polar surface area (TPSA) is 151 Å². The van der Waals surface area contributed by atoms with E-state index >= 15 is 0 Å². The number of hydrogen-bond acceptors (Lipinski definition) is 6. The number of hydrogen-bond donors (Lipinski definition) is 4. The molecule has 10 nitrogen and oxygen atoms in total. The van der Waals surface area contributed by atoms with Crippen LogP contribution in [0.4, 0.5) is 4.79 Å². The molecule has 0 fully saturated rings. The lowest BCUT2D eigenvalue weighted by Gasteiger charge is -2.37. The van der Waals surface area contributed by atoms with Gasteiger partial charge in [-0.25, -0.2) is 4.79 Å². The van der Waals surface area contributed by atoms with Crippen LogP contribution in [0.5, 0.6) is 5.75 Å². The van der Waals surface area contributed by atoms with Crippen molar-refractivity contribution in [2.45, 2.75) is 77.7 Å². The Morgan fingerprint density at radius 1 is 1.03 bits per heavy atom. The van der Waals surface area contributed by atoms with Gasteiger partial charge in [0.25, 0.3) is 0 Å². The third-order valence-electron chi connectivity index (χ3n) is 5.50. The van der Waals surface area contributed by atoms with Crippen LogP contribution in [-0.4, -0.2) is 51.5 Å². The summed E-state index contributed by atoms with van der Waals surface area (Å²) in [5.74, 6) is -1.80. The second-order valence-electron chi connectivity index (χ2n) is 10.2. The Hall–Kier alpha value is -4.08. The molecule has 0 aromatic heterocycles. The lowest BCUT2D eigenvalue weighted by Crippen LogP contribution is -2.55. The predicted octanol–water partition coefficient (Wildman–Crippen LogP) is 3.15. The molecule has 2 unspecified atom stereocenters. The van der Waals surface area contributed by atoms with Crippen molar-refractivity contribution in [1.82, 2.24) is 15.5 Å². The van der Waals surface area contributed by atoms with Crippen LogP contribution in [-0.2, 0) is 25.7 Å². The Bertz CT molecular complexity index is 1110. The van der Waals surface area contributed by atoms with Crippen LogP contribution in [0.1, 0.15) is 64.6 Å². The summed E-state index contributed by atoms with van der Waals surface area (Å²) in [5, 5.41) is 15.5. The fourth-order valence-corrected chi connectivity index (χ4v) is 3.87. The molecule has 2 aromatic rings. The van der Waals surface area contributed by atoms with E-state index in [4.69, 9.17) is 10.5 Å². The second-order valence-corrected chi connectivity index (χ2v) is 10.2. The minimum Gasteiger partial charge on any atom is -0.508 e. The van der Waals surface area contributed by atoms with Gasteiger partial charge in [0.05, 0.1) is 0 Å². The number of ether oxygens (including phenoxy) is 1. The van der Waals surface area contributed by atoms with Crippen LogP contribution in [0.15, 0.2) is 54.6 Å². The molecule has 2 atom stereocenters. The van der Waals surface area contributed by atoms with Crippen LogP contribution in [0.25, 0.3) is 0 Å². The number of benzene rings is 2. The van der Waals surface area contributed by atoms with E-state index in [1.54, 1.807) is 46.8 Å². The van der Waals surface area contributed by atoms with Crippen molar-refractivity contribution >= 4 is 23.8 Å². The summed E-state index contributed by atoms with van der Waals surface area (Å²) in [4.78, 5) is 53.0. The molecule has 5 N–H and O–H groups in total. The first kappa shape index (κ1) is 30.1. The first-order valence-electron chi connectivity index (χ1n) is 12.5. The number of carbonyl (C=O) groups excluding carboxylic acids is 4. The van der Waals surface area contributed by atoms with Gasteiger partial charge in [0, 0.05) is 19.0 Å². The van der Waals surface area contributed by atoms with Gasteiger partial charge >= 0.3 is 6.09 Å². The van der Waals surface area contributed by atoms with Crippen LogP contribution in [0.3, 0.4) is 0 Å². The van der Waals surface area contributed by atoms with Crippen molar-refractivity contribution in [3.63, 3.8) is 0 Å². The van der Waals surface area contributed by atoms with E-state index in [1.165, 1.54) is 17.0 Å². The average molecular weight is 527 g/mol. The third kappa shape index (κ3) is 9.42. The van der Waals surface area contributed by atoms with Gasteiger partial charge in [-0.1, -0.05) is 42.5 Å². The van der Waals surface area contributed by atoms with E-state index in [9.17, 15) is 24.3 Å². The van der Waals surface area contributed by atoms with Gasteiger partial charge in [-0.05, 0) is 64.3 Å². The number of rotatable bonds is 11. The number of aromatic hydroxyl groups is 1. The number of nitrogens with one attached hydrogen (secondary N) is 2. The minimum absolute atomic E-state index is 0.0725. The van der Waals surface area contributed by atoms with Gasteiger partial charge in [0.1, 0.15) is 23.4 Å². The zero-order chi connectivity index (χ0) is 28.5. The van der Waals surface area contributed by atoms with Crippen LogP contribution >= 0.6 is 0 Å². The Morgan fingerprint density at radius 2 is 1.68 bits per heavy atom. The van der Waals surface area contributed by atoms with E-state index in [0.29, 0.717) is 5.56 Å². The summed E-state index contributed by atoms with van der Waals surface area (Å²) < 4.78 is 5.31. The van der Waals surface area contributed by atoms with Crippen molar-refractivity contribution in [2.75, 3.05) is 0 Å². The van der Waals surface area contributed by atoms with Crippen molar-refractivity contribution < 1.29 is 29.0 Å². The van der Waals surface area contributed by atoms with Gasteiger partial charge in [0.15, 0.2) is 0 Å². The quantitative estimate of drug-likeness (QED) is 0.353. The first-order chi connectivity index (χ1) is 17.8. The maximum absolute atomic E-state index is 13.9. The lowest BCUT2D eigenvalue weighted by atomic mass is 9.99. The molecule has 10 heteroatoms. The standard InChI is InChI=1S/C28H38N4O6/c1-18(2)32(26(36)22(14-15-23(29)34)31-27(37)38-28(3,4)5)24(20-12-9-13-21(33)16-20)25(35)30-17-19-10-7-6-8-11-19/h6-13,16,18,22,24,33H,14-15,17H2,1-5H3,(H2,29,34)(H,30,35)(H,31,37). The van der Waals surface area contributed by atoms with Crippen molar-refractivity contribution in [3.05, 3.63) is 65.7 Å². The molecule has 0 saturated heterocycles. The zero-order valence-corrected chi connectivity index (χ0v) is 22.6. The first-order valence-corrected chi connectivity index (χ1v) is 12.5. The zero-order valence-electron chi connectivity index (χ0n) is 22.6. The van der Waals surface area contributed by atoms with Gasteiger partial charge in [-0.15, -0.1) is 0 Å². The van der Waals surface area contributed by atoms with E-state index < -0.39 is 47.5 Å². The predicted molar refractivity (Wildman–Crippen MR) is 143 cm³/mol. The largest absolute Gasteiger partial charge is 0.508 e. The minimum atomic E-state index is -1.19. The number of carbonyl (C=O) groups is 4. The maximum Gasteiger partial charge on any atom is 0.408 e. The van der Waals surface area contributed by atoms with Crippen molar-refractivity contribution in [3.8, 4) is 5.75 Å². The second kappa shape index (κ2) is 13.5. The SMILES string of the molecule is CC(C)N(C(=O)C(CCC(N)=O)NC(=O)OC(C)(C)C)C(C(=O)NCc1ccccc1)c1cccc(O)c1. The number of primary amides is 1. The molecule has 0 aliphatic carbocycles. The molecule has 0 heterocycles. The summed E-state index contributed by atoms with van der Waals surface area (Å²) in [6.45, 7) is 8.73. The van der Waals surface area contributed by atoms with Gasteiger partial charge < -0.3 is 31.1 Å². The third-order valence-corrected chi connectivity index (χ3v) is 5.50. The number of phenolic OH excluding ortho intramolecular Hbond substituents is 1. The van der Waals surface area contributed by atoms with Gasteiger partial charge in [-0.3, -0.25) is 14.4 Å². The highest BCUT2D eigenvalue weighted by atomic mass is 16.6. The molecule has 0 saturated carbocycles. The molecule has 0 aliphatic rings. The maximum atomic E-state index is 13.9. The Balaban J connectivity index is 2.45. The molecule has 0 radical (unpaired) electrons. The van der Waals surface area contributed by atoms with Crippen LogP contribution < -0.4 is 16.4 Å². The molecular weight excluding hydrogens is 488 g/mol. The molecule has 206 valence electrons. The number of nitrogens with two attached hydrogens (primary N) is 1. The lowest BCUT2D eigenvalue weighted by molar-refractivity contribution is -0.144. The van der Waals surface area contributed by atoms with E-state index in [2.05, 4.69) is 10.6 Å². The monoisotopic (exact) mass is 526 g/mol. The molecule has 38 heavy (non-hydrogen) atoms. The molecule has 4 amide bonds. The van der Waals surface area contributed by atoms with E-state index in [1.807, 2.05) is 30.3 Å². The van der Waals surface area contributed by atoms with Crippen molar-refractivity contribution in [1.29, 1.82) is 0 Å². The fraction of sp³-hybridized carbons (Fsp3) is 0.429. The highest BCUT2D eigenvalue weighted by Crippen LogP contribution is 2.28. The van der Waals surface area contributed by atoms with Gasteiger partial charge in [0.2, 0.25) is 17.7 Å². The van der Waals surface area contributed by atoms with E-state index in [0.717, 1.165) is 5.56 Å². The summed E-state index contributed by atoms with van der Waals surface area (Å²) in [5.41, 5.74) is 5.74. The Morgan fingerprint density at radius 3 is 2.24 bits per heavy atom. The summed E-state index contributed by atoms with van der Waals surface area (Å²) in [6, 6.07) is 12.5. The summed E-state index contributed by atoms with van der Waals surface area (Å²) in [7, 11) is 0. The van der Waals surface area contributed by atoms with Gasteiger partial charge in [-0.2, -0.15) is 0 Å². The molecule has 0 bridgehead atoms. The fourth-order valence-electron chi connectivity index (χ4n) is 3.87. The number of phenols is 1. The number of nitrogens with zero attached hydrogens (tertiary/aromatic N) is 1. The van der Waals surface area contributed by atoms with E-state index in [-0.39, 0.29) is 25.1 Å². The molecule has 0 spiro atoms. The van der Waals surface area contributed by atoms with Crippen molar-refractivity contribution in [2.24, 2.45) is 5.73 Å².